The number of halogens is 3. The van der Waals surface area contributed by atoms with Crippen LogP contribution in [0.5, 0.6) is 5.75 Å². The van der Waals surface area contributed by atoms with Crippen LogP contribution in [0, 0.1) is 6.92 Å². The molecule has 3 aromatic rings. The number of amides is 1. The number of aryl methyl sites for hydroxylation is 1. The molecule has 0 aliphatic rings. The molecule has 0 fully saturated rings. The molecule has 0 saturated heterocycles. The van der Waals surface area contributed by atoms with Gasteiger partial charge in [-0.05, 0) is 43.3 Å². The number of alkyl halides is 3. The zero-order valence-electron chi connectivity index (χ0n) is 15.0. The van der Waals surface area contributed by atoms with E-state index in [9.17, 15) is 18.0 Å². The first-order valence-electron chi connectivity index (χ1n) is 8.21. The highest BCUT2D eigenvalue weighted by molar-refractivity contribution is 5.95. The number of aromatic nitrogens is 2. The van der Waals surface area contributed by atoms with Gasteiger partial charge in [0.1, 0.15) is 17.1 Å². The van der Waals surface area contributed by atoms with Crippen LogP contribution in [0.15, 0.2) is 47.0 Å². The molecule has 1 N–H and O–H groups in total. The highest BCUT2D eigenvalue weighted by atomic mass is 19.4. The smallest absolute Gasteiger partial charge is 0.433 e. The van der Waals surface area contributed by atoms with E-state index in [1.807, 2.05) is 12.1 Å². The summed E-state index contributed by atoms with van der Waals surface area (Å²) in [6.45, 7) is 1.38. The Bertz CT molecular complexity index is 982. The second kappa shape index (κ2) is 7.71. The molecule has 0 unspecified atom stereocenters. The number of hydrogen-bond donors (Lipinski definition) is 1. The summed E-state index contributed by atoms with van der Waals surface area (Å²) >= 11 is 0. The van der Waals surface area contributed by atoms with E-state index in [0.29, 0.717) is 17.2 Å². The first kappa shape index (κ1) is 19.4. The van der Waals surface area contributed by atoms with E-state index in [0.717, 1.165) is 17.7 Å². The third-order valence-electron chi connectivity index (χ3n) is 3.99. The van der Waals surface area contributed by atoms with Crippen molar-refractivity contribution < 1.29 is 27.2 Å². The minimum Gasteiger partial charge on any atom is -0.497 e. The number of nitrogens with zero attached hydrogens (tertiary/aromatic N) is 2. The van der Waals surface area contributed by atoms with Gasteiger partial charge in [-0.2, -0.15) is 13.2 Å². The van der Waals surface area contributed by atoms with Crippen LogP contribution in [0.25, 0.3) is 11.3 Å². The molecule has 0 radical (unpaired) electrons. The van der Waals surface area contributed by atoms with Gasteiger partial charge in [-0.3, -0.25) is 4.79 Å². The summed E-state index contributed by atoms with van der Waals surface area (Å²) in [6, 6.07) is 10.7. The van der Waals surface area contributed by atoms with Gasteiger partial charge in [0.05, 0.1) is 24.9 Å². The lowest BCUT2D eigenvalue weighted by Gasteiger charge is -2.09. The van der Waals surface area contributed by atoms with Crippen LogP contribution in [-0.2, 0) is 12.7 Å². The van der Waals surface area contributed by atoms with Crippen molar-refractivity contribution in [3.63, 3.8) is 0 Å². The molecule has 0 saturated carbocycles. The molecule has 9 heteroatoms. The number of carbonyl (C=O) groups is 1. The maximum absolute atomic E-state index is 12.7. The molecule has 1 aromatic carbocycles. The Labute approximate surface area is 158 Å². The number of pyridine rings is 1. The third kappa shape index (κ3) is 4.30. The van der Waals surface area contributed by atoms with E-state index in [-0.39, 0.29) is 17.8 Å². The van der Waals surface area contributed by atoms with Gasteiger partial charge in [0.2, 0.25) is 0 Å². The summed E-state index contributed by atoms with van der Waals surface area (Å²) in [5, 5.41) is 6.53. The predicted octanol–water partition coefficient (Wildman–Crippen LogP) is 4.00. The first-order chi connectivity index (χ1) is 13.3. The van der Waals surface area contributed by atoms with E-state index in [1.54, 1.807) is 25.3 Å². The molecule has 0 spiro atoms. The van der Waals surface area contributed by atoms with Crippen LogP contribution in [0.4, 0.5) is 13.2 Å². The summed E-state index contributed by atoms with van der Waals surface area (Å²) < 4.78 is 48.3. The third-order valence-corrected chi connectivity index (χ3v) is 3.99. The number of ether oxygens (including phenoxy) is 1. The fourth-order valence-electron chi connectivity index (χ4n) is 2.52. The van der Waals surface area contributed by atoms with Gasteiger partial charge in [0, 0.05) is 11.6 Å². The van der Waals surface area contributed by atoms with Crippen molar-refractivity contribution in [1.29, 1.82) is 0 Å². The van der Waals surface area contributed by atoms with Gasteiger partial charge in [-0.15, -0.1) is 0 Å². The number of nitrogens with one attached hydrogen (secondary N) is 1. The van der Waals surface area contributed by atoms with E-state index in [4.69, 9.17) is 9.26 Å². The van der Waals surface area contributed by atoms with Crippen LogP contribution in [0.2, 0.25) is 0 Å². The molecule has 2 heterocycles. The van der Waals surface area contributed by atoms with Gasteiger partial charge < -0.3 is 14.6 Å². The number of hydrogen-bond acceptors (Lipinski definition) is 5. The Morgan fingerprint density at radius 1 is 1.18 bits per heavy atom. The highest BCUT2D eigenvalue weighted by Crippen LogP contribution is 2.28. The molecule has 0 aliphatic carbocycles. The van der Waals surface area contributed by atoms with Crippen LogP contribution in [-0.4, -0.2) is 23.2 Å². The molecule has 0 bridgehead atoms. The van der Waals surface area contributed by atoms with Crippen molar-refractivity contribution in [3.8, 4) is 17.0 Å². The molecule has 1 amide bonds. The Morgan fingerprint density at radius 2 is 1.89 bits per heavy atom. The first-order valence-corrected chi connectivity index (χ1v) is 8.21. The highest BCUT2D eigenvalue weighted by Gasteiger charge is 2.33. The van der Waals surface area contributed by atoms with E-state index in [1.165, 1.54) is 6.92 Å². The molecule has 0 atom stereocenters. The predicted molar refractivity (Wildman–Crippen MR) is 93.6 cm³/mol. The average molecular weight is 391 g/mol. The minimum atomic E-state index is -4.56. The van der Waals surface area contributed by atoms with E-state index >= 15 is 0 Å². The molecule has 2 aromatic heterocycles. The quantitative estimate of drug-likeness (QED) is 0.711. The molecule has 146 valence electrons. The minimum absolute atomic E-state index is 0.0104. The Hall–Kier alpha value is -3.36. The Kier molecular flexibility index (Phi) is 5.34. The van der Waals surface area contributed by atoms with Crippen molar-refractivity contribution >= 4 is 5.91 Å². The summed E-state index contributed by atoms with van der Waals surface area (Å²) in [5.74, 6) is 0.554. The van der Waals surface area contributed by atoms with Crippen molar-refractivity contribution in [1.82, 2.24) is 15.5 Å². The SMILES string of the molecule is COc1ccc(-c2cc(CNC(=O)c3ccc(C(F)(F)F)nc3C)on2)cc1. The van der Waals surface area contributed by atoms with Gasteiger partial charge in [-0.1, -0.05) is 5.16 Å². The van der Waals surface area contributed by atoms with Crippen molar-refractivity contribution in [2.45, 2.75) is 19.6 Å². The lowest BCUT2D eigenvalue weighted by molar-refractivity contribution is -0.141. The molecule has 28 heavy (non-hydrogen) atoms. The average Bonchev–Trinajstić information content (AvgIpc) is 3.14. The maximum Gasteiger partial charge on any atom is 0.433 e. The zero-order chi connectivity index (χ0) is 20.3. The lowest BCUT2D eigenvalue weighted by Crippen LogP contribution is -2.24. The maximum atomic E-state index is 12.7. The van der Waals surface area contributed by atoms with E-state index in [2.05, 4.69) is 15.5 Å². The number of benzene rings is 1. The van der Waals surface area contributed by atoms with E-state index < -0.39 is 17.8 Å². The number of carbonyl (C=O) groups excluding carboxylic acids is 1. The van der Waals surface area contributed by atoms with Crippen molar-refractivity contribution in [2.75, 3.05) is 7.11 Å². The largest absolute Gasteiger partial charge is 0.497 e. The van der Waals surface area contributed by atoms with Gasteiger partial charge in [0.25, 0.3) is 5.91 Å². The summed E-state index contributed by atoms with van der Waals surface area (Å²) in [4.78, 5) is 15.7. The van der Waals surface area contributed by atoms with Gasteiger partial charge in [0.15, 0.2) is 5.76 Å². The number of rotatable bonds is 5. The van der Waals surface area contributed by atoms with Crippen molar-refractivity contribution in [3.05, 3.63) is 65.2 Å². The topological polar surface area (TPSA) is 77.2 Å². The van der Waals surface area contributed by atoms with Crippen LogP contribution >= 0.6 is 0 Å². The molecular formula is C19H16F3N3O3. The Morgan fingerprint density at radius 3 is 2.50 bits per heavy atom. The normalized spacial score (nSPS) is 11.3. The van der Waals surface area contributed by atoms with Gasteiger partial charge in [-0.25, -0.2) is 4.98 Å². The summed E-state index contributed by atoms with van der Waals surface area (Å²) in [7, 11) is 1.57. The van der Waals surface area contributed by atoms with Crippen molar-refractivity contribution in [2.24, 2.45) is 0 Å². The van der Waals surface area contributed by atoms with Crippen LogP contribution in [0.1, 0.15) is 27.5 Å². The summed E-state index contributed by atoms with van der Waals surface area (Å²) in [5.41, 5.74) is 0.400. The lowest BCUT2D eigenvalue weighted by atomic mass is 10.1. The Balaban J connectivity index is 1.66. The molecular weight excluding hydrogens is 375 g/mol. The second-order valence-electron chi connectivity index (χ2n) is 5.92. The van der Waals surface area contributed by atoms with Gasteiger partial charge >= 0.3 is 6.18 Å². The van der Waals surface area contributed by atoms with Crippen LogP contribution in [0.3, 0.4) is 0 Å². The number of methoxy groups -OCH3 is 1. The fraction of sp³-hybridized carbons (Fsp3) is 0.211. The monoisotopic (exact) mass is 391 g/mol. The molecule has 3 rings (SSSR count). The molecule has 6 nitrogen and oxygen atoms in total. The standard InChI is InChI=1S/C19H16F3N3O3/c1-11-15(7-8-17(24-11)19(20,21)22)18(26)23-10-14-9-16(25-28-14)12-3-5-13(27-2)6-4-12/h3-9H,10H2,1-2H3,(H,23,26). The second-order valence-corrected chi connectivity index (χ2v) is 5.92. The zero-order valence-corrected chi connectivity index (χ0v) is 15.0. The van der Waals surface area contributed by atoms with Crippen LogP contribution < -0.4 is 10.1 Å². The molecule has 0 aliphatic heterocycles. The summed E-state index contributed by atoms with van der Waals surface area (Å²) in [6.07, 6.45) is -4.56. The fourth-order valence-corrected chi connectivity index (χ4v) is 2.52.